The van der Waals surface area contributed by atoms with Gasteiger partial charge in [0.05, 0.1) is 6.54 Å². The van der Waals surface area contributed by atoms with Crippen molar-refractivity contribution in [3.8, 4) is 0 Å². The summed E-state index contributed by atoms with van der Waals surface area (Å²) in [5, 5.41) is 0. The molecule has 1 aromatic rings. The van der Waals surface area contributed by atoms with Gasteiger partial charge in [0.2, 0.25) is 5.91 Å². The highest BCUT2D eigenvalue weighted by Gasteiger charge is 2.20. The fraction of sp³-hybridized carbons (Fsp3) is 0.533. The van der Waals surface area contributed by atoms with E-state index in [0.29, 0.717) is 26.2 Å². The first-order chi connectivity index (χ1) is 9.53. The topological polar surface area (TPSA) is 49.6 Å². The Hall–Kier alpha value is -1.46. The van der Waals surface area contributed by atoms with Crippen molar-refractivity contribution in [2.45, 2.75) is 19.9 Å². The predicted molar refractivity (Wildman–Crippen MR) is 78.8 cm³/mol. The molecule has 0 spiro atoms. The molecule has 0 fully saturated rings. The number of rotatable bonds is 7. The largest absolute Gasteiger partial charge is 0.342 e. The molecule has 0 saturated carbocycles. The number of carbonyl (C=O) groups is 1. The number of likely N-dealkylation sites (N-methyl/N-ethyl adjacent to an activating group) is 2. The van der Waals surface area contributed by atoms with Crippen molar-refractivity contribution >= 4 is 5.91 Å². The maximum atomic E-state index is 13.0. The van der Waals surface area contributed by atoms with Crippen LogP contribution in [0, 0.1) is 5.82 Å². The highest BCUT2D eigenvalue weighted by Crippen LogP contribution is 2.18. The lowest BCUT2D eigenvalue weighted by atomic mass is 10.1. The zero-order chi connectivity index (χ0) is 15.1. The Kier molecular flexibility index (Phi) is 6.61. The van der Waals surface area contributed by atoms with Gasteiger partial charge in [0.25, 0.3) is 0 Å². The Balaban J connectivity index is 2.74. The van der Waals surface area contributed by atoms with Crippen LogP contribution in [-0.4, -0.2) is 48.9 Å². The molecule has 2 N–H and O–H groups in total. The molecule has 0 bridgehead atoms. The minimum absolute atomic E-state index is 0.0815. The molecule has 0 aliphatic carbocycles. The monoisotopic (exact) mass is 281 g/mol. The first kappa shape index (κ1) is 16.6. The molecule has 5 heteroatoms. The molecular formula is C15H24FN3O. The fourth-order valence-electron chi connectivity index (χ4n) is 2.26. The number of nitrogens with zero attached hydrogens (tertiary/aromatic N) is 2. The maximum absolute atomic E-state index is 13.0. The summed E-state index contributed by atoms with van der Waals surface area (Å²) in [6.45, 7) is 6.01. The van der Waals surface area contributed by atoms with Crippen molar-refractivity contribution in [2.24, 2.45) is 5.73 Å². The molecule has 20 heavy (non-hydrogen) atoms. The van der Waals surface area contributed by atoms with Crippen LogP contribution in [0.25, 0.3) is 0 Å². The second-order valence-corrected chi connectivity index (χ2v) is 4.78. The molecule has 1 aromatic carbocycles. The maximum Gasteiger partial charge on any atom is 0.236 e. The number of nitrogens with two attached hydrogens (primary N) is 1. The quantitative estimate of drug-likeness (QED) is 0.826. The molecule has 0 aliphatic rings. The highest BCUT2D eigenvalue weighted by atomic mass is 19.1. The molecule has 0 aromatic heterocycles. The first-order valence-corrected chi connectivity index (χ1v) is 6.97. The van der Waals surface area contributed by atoms with Gasteiger partial charge in [0.1, 0.15) is 5.82 Å². The predicted octanol–water partition coefficient (Wildman–Crippen LogP) is 1.63. The Morgan fingerprint density at radius 2 is 1.80 bits per heavy atom. The summed E-state index contributed by atoms with van der Waals surface area (Å²) in [4.78, 5) is 15.8. The molecule has 112 valence electrons. The van der Waals surface area contributed by atoms with E-state index in [2.05, 4.69) is 0 Å². The van der Waals surface area contributed by atoms with Crippen LogP contribution in [-0.2, 0) is 4.79 Å². The van der Waals surface area contributed by atoms with Crippen molar-refractivity contribution in [3.63, 3.8) is 0 Å². The normalized spacial score (nSPS) is 12.5. The van der Waals surface area contributed by atoms with E-state index in [9.17, 15) is 9.18 Å². The van der Waals surface area contributed by atoms with Gasteiger partial charge in [-0.25, -0.2) is 4.39 Å². The van der Waals surface area contributed by atoms with E-state index in [-0.39, 0.29) is 17.8 Å². The first-order valence-electron chi connectivity index (χ1n) is 6.97. The minimum Gasteiger partial charge on any atom is -0.342 e. The van der Waals surface area contributed by atoms with E-state index >= 15 is 0 Å². The van der Waals surface area contributed by atoms with E-state index in [1.807, 2.05) is 25.8 Å². The Labute approximate surface area is 120 Å². The number of hydrogen-bond donors (Lipinski definition) is 1. The highest BCUT2D eigenvalue weighted by molar-refractivity contribution is 5.78. The van der Waals surface area contributed by atoms with E-state index in [1.165, 1.54) is 12.1 Å². The molecule has 0 aliphatic heterocycles. The number of benzene rings is 1. The Morgan fingerprint density at radius 3 is 2.25 bits per heavy atom. The van der Waals surface area contributed by atoms with Gasteiger partial charge in [-0.3, -0.25) is 9.69 Å². The van der Waals surface area contributed by atoms with Crippen LogP contribution >= 0.6 is 0 Å². The third kappa shape index (κ3) is 4.28. The Morgan fingerprint density at radius 1 is 1.25 bits per heavy atom. The van der Waals surface area contributed by atoms with Gasteiger partial charge in [-0.05, 0) is 38.6 Å². The van der Waals surface area contributed by atoms with E-state index in [4.69, 9.17) is 5.73 Å². The summed E-state index contributed by atoms with van der Waals surface area (Å²) in [7, 11) is 1.86. The third-order valence-corrected chi connectivity index (χ3v) is 3.51. The molecule has 0 radical (unpaired) electrons. The second-order valence-electron chi connectivity index (χ2n) is 4.78. The molecule has 0 saturated heterocycles. The fourth-order valence-corrected chi connectivity index (χ4v) is 2.26. The summed E-state index contributed by atoms with van der Waals surface area (Å²) >= 11 is 0. The second kappa shape index (κ2) is 7.97. The number of amides is 1. The molecule has 1 amide bonds. The summed E-state index contributed by atoms with van der Waals surface area (Å²) < 4.78 is 13.0. The lowest BCUT2D eigenvalue weighted by molar-refractivity contribution is -0.132. The van der Waals surface area contributed by atoms with Gasteiger partial charge in [-0.1, -0.05) is 12.1 Å². The van der Waals surface area contributed by atoms with Gasteiger partial charge >= 0.3 is 0 Å². The van der Waals surface area contributed by atoms with E-state index < -0.39 is 0 Å². The number of halogens is 1. The molecular weight excluding hydrogens is 257 g/mol. The van der Waals surface area contributed by atoms with E-state index in [1.54, 1.807) is 17.0 Å². The van der Waals surface area contributed by atoms with Crippen LogP contribution in [0.3, 0.4) is 0 Å². The van der Waals surface area contributed by atoms with Gasteiger partial charge in [0, 0.05) is 25.7 Å². The zero-order valence-corrected chi connectivity index (χ0v) is 12.5. The minimum atomic E-state index is -0.272. The summed E-state index contributed by atoms with van der Waals surface area (Å²) in [6.07, 6.45) is 0. The lowest BCUT2D eigenvalue weighted by Gasteiger charge is -2.29. The van der Waals surface area contributed by atoms with Crippen LogP contribution in [0.5, 0.6) is 0 Å². The van der Waals surface area contributed by atoms with E-state index in [0.717, 1.165) is 5.56 Å². The van der Waals surface area contributed by atoms with Crippen molar-refractivity contribution in [2.75, 3.05) is 33.2 Å². The van der Waals surface area contributed by atoms with Gasteiger partial charge in [-0.2, -0.15) is 0 Å². The molecule has 1 atom stereocenters. The standard InChI is InChI=1S/C15H24FN3O/c1-4-19(5-2)15(20)11-18(3)14(10-17)12-6-8-13(16)9-7-12/h6-9,14H,4-5,10-11,17H2,1-3H3. The average Bonchev–Trinajstić information content (AvgIpc) is 2.43. The lowest BCUT2D eigenvalue weighted by Crippen LogP contribution is -2.41. The summed E-state index contributed by atoms with van der Waals surface area (Å²) in [5.41, 5.74) is 6.72. The van der Waals surface area contributed by atoms with Gasteiger partial charge in [0.15, 0.2) is 0 Å². The number of hydrogen-bond acceptors (Lipinski definition) is 3. The zero-order valence-electron chi connectivity index (χ0n) is 12.5. The van der Waals surface area contributed by atoms with Crippen molar-refractivity contribution in [1.82, 2.24) is 9.80 Å². The number of carbonyl (C=O) groups excluding carboxylic acids is 1. The van der Waals surface area contributed by atoms with Crippen molar-refractivity contribution in [3.05, 3.63) is 35.6 Å². The van der Waals surface area contributed by atoms with Crippen molar-refractivity contribution < 1.29 is 9.18 Å². The van der Waals surface area contributed by atoms with Crippen molar-refractivity contribution in [1.29, 1.82) is 0 Å². The van der Waals surface area contributed by atoms with Gasteiger partial charge in [-0.15, -0.1) is 0 Å². The summed E-state index contributed by atoms with van der Waals surface area (Å²) in [5.74, 6) is -0.190. The van der Waals surface area contributed by atoms with Crippen LogP contribution in [0.2, 0.25) is 0 Å². The molecule has 1 rings (SSSR count). The SMILES string of the molecule is CCN(CC)C(=O)CN(C)C(CN)c1ccc(F)cc1. The van der Waals surface area contributed by atoms with Crippen LogP contribution in [0.1, 0.15) is 25.5 Å². The average molecular weight is 281 g/mol. The van der Waals surface area contributed by atoms with Crippen LogP contribution < -0.4 is 5.73 Å². The van der Waals surface area contributed by atoms with Crippen LogP contribution in [0.4, 0.5) is 4.39 Å². The summed E-state index contributed by atoms with van der Waals surface area (Å²) in [6, 6.07) is 6.17. The van der Waals surface area contributed by atoms with Crippen LogP contribution in [0.15, 0.2) is 24.3 Å². The third-order valence-electron chi connectivity index (χ3n) is 3.51. The molecule has 1 unspecified atom stereocenters. The smallest absolute Gasteiger partial charge is 0.236 e. The van der Waals surface area contributed by atoms with Gasteiger partial charge < -0.3 is 10.6 Å². The Bertz CT molecular complexity index is 418. The molecule has 0 heterocycles. The molecule has 4 nitrogen and oxygen atoms in total.